The molecule has 126 valence electrons. The first-order chi connectivity index (χ1) is 9.55. The minimum Gasteiger partial charge on any atom is -0.468 e. The lowest BCUT2D eigenvalue weighted by Crippen LogP contribution is -2.48. The number of rotatable bonds is 9. The fourth-order valence-corrected chi connectivity index (χ4v) is 2.10. The van der Waals surface area contributed by atoms with Crippen LogP contribution >= 0.6 is 0 Å². The number of likely N-dealkylation sites (N-methyl/N-ethyl adjacent to an activating group) is 1. The molecule has 21 heavy (non-hydrogen) atoms. The van der Waals surface area contributed by atoms with Crippen LogP contribution in [0.5, 0.6) is 0 Å². The van der Waals surface area contributed by atoms with E-state index in [1.165, 1.54) is 12.0 Å². The van der Waals surface area contributed by atoms with Gasteiger partial charge in [0.1, 0.15) is 5.54 Å². The summed E-state index contributed by atoms with van der Waals surface area (Å²) in [6.07, 6.45) is -2.42. The lowest BCUT2D eigenvalue weighted by Gasteiger charge is -2.29. The Morgan fingerprint density at radius 1 is 1.29 bits per heavy atom. The maximum atomic E-state index is 12.5. The lowest BCUT2D eigenvalue weighted by atomic mass is 9.95. The molecular weight excluding hydrogens is 285 g/mol. The Hall–Kier alpha value is -0.820. The third-order valence-electron chi connectivity index (χ3n) is 3.67. The van der Waals surface area contributed by atoms with E-state index in [0.717, 1.165) is 0 Å². The van der Waals surface area contributed by atoms with Crippen molar-refractivity contribution in [1.82, 2.24) is 10.2 Å². The molecule has 0 aromatic rings. The fraction of sp³-hybridized carbons (Fsp3) is 0.929. The highest BCUT2D eigenvalue weighted by Crippen LogP contribution is 2.20. The summed E-state index contributed by atoms with van der Waals surface area (Å²) in [4.78, 5) is 13.0. The van der Waals surface area contributed by atoms with E-state index in [4.69, 9.17) is 4.74 Å². The molecule has 0 aliphatic rings. The van der Waals surface area contributed by atoms with Crippen molar-refractivity contribution in [2.45, 2.75) is 57.8 Å². The molecule has 4 nitrogen and oxygen atoms in total. The number of alkyl halides is 3. The molecule has 1 atom stereocenters. The number of nitrogens with zero attached hydrogens (tertiary/aromatic N) is 1. The second-order valence-corrected chi connectivity index (χ2v) is 5.71. The highest BCUT2D eigenvalue weighted by Gasteiger charge is 2.33. The van der Waals surface area contributed by atoms with Crippen molar-refractivity contribution in [2.24, 2.45) is 0 Å². The topological polar surface area (TPSA) is 41.6 Å². The molecule has 7 heteroatoms. The van der Waals surface area contributed by atoms with E-state index < -0.39 is 18.3 Å². The zero-order valence-corrected chi connectivity index (χ0v) is 13.5. The monoisotopic (exact) mass is 312 g/mol. The Labute approximate surface area is 125 Å². The summed E-state index contributed by atoms with van der Waals surface area (Å²) < 4.78 is 42.1. The van der Waals surface area contributed by atoms with E-state index >= 15 is 0 Å². The number of carbonyl (C=O) groups excluding carboxylic acids is 1. The maximum Gasteiger partial charge on any atom is 0.401 e. The van der Waals surface area contributed by atoms with Crippen LogP contribution in [0.4, 0.5) is 13.2 Å². The summed E-state index contributed by atoms with van der Waals surface area (Å²) in [6, 6.07) is -0.164. The molecule has 0 aliphatic carbocycles. The van der Waals surface area contributed by atoms with Crippen LogP contribution in [0, 0.1) is 0 Å². The first kappa shape index (κ1) is 20.2. The van der Waals surface area contributed by atoms with Gasteiger partial charge in [-0.3, -0.25) is 9.69 Å². The summed E-state index contributed by atoms with van der Waals surface area (Å²) in [7, 11) is 2.99. The van der Waals surface area contributed by atoms with Gasteiger partial charge in [-0.05, 0) is 53.6 Å². The van der Waals surface area contributed by atoms with E-state index in [9.17, 15) is 18.0 Å². The Morgan fingerprint density at radius 2 is 1.86 bits per heavy atom. The first-order valence-corrected chi connectivity index (χ1v) is 7.14. The predicted octanol–water partition coefficient (Wildman–Crippen LogP) is 2.58. The van der Waals surface area contributed by atoms with Crippen molar-refractivity contribution in [1.29, 1.82) is 0 Å². The van der Waals surface area contributed by atoms with Gasteiger partial charge < -0.3 is 10.1 Å². The number of halogens is 3. The molecule has 0 radical (unpaired) electrons. The van der Waals surface area contributed by atoms with Crippen LogP contribution in [-0.2, 0) is 9.53 Å². The van der Waals surface area contributed by atoms with Gasteiger partial charge in [-0.2, -0.15) is 13.2 Å². The normalized spacial score (nSPS) is 15.3. The zero-order valence-electron chi connectivity index (χ0n) is 13.5. The van der Waals surface area contributed by atoms with Crippen molar-refractivity contribution in [3.63, 3.8) is 0 Å². The summed E-state index contributed by atoms with van der Waals surface area (Å²) >= 11 is 0. The molecular formula is C14H27F3N2O2. The third-order valence-corrected chi connectivity index (χ3v) is 3.67. The minimum atomic E-state index is -4.18. The van der Waals surface area contributed by atoms with Crippen LogP contribution in [0.15, 0.2) is 0 Å². The van der Waals surface area contributed by atoms with Gasteiger partial charge in [0.05, 0.1) is 13.7 Å². The van der Waals surface area contributed by atoms with Gasteiger partial charge >= 0.3 is 12.1 Å². The zero-order chi connectivity index (χ0) is 16.7. The van der Waals surface area contributed by atoms with E-state index in [1.807, 2.05) is 0 Å². The van der Waals surface area contributed by atoms with Crippen LogP contribution < -0.4 is 5.32 Å². The minimum absolute atomic E-state index is 0.164. The van der Waals surface area contributed by atoms with Gasteiger partial charge in [0.25, 0.3) is 0 Å². The number of esters is 1. The number of carbonyl (C=O) groups is 1. The molecule has 0 rings (SSSR count). The number of unbranched alkanes of at least 4 members (excludes halogenated alkanes) is 1. The molecule has 1 unspecified atom stereocenters. The highest BCUT2D eigenvalue weighted by molar-refractivity contribution is 5.80. The molecule has 0 aromatic heterocycles. The average Bonchev–Trinajstić information content (AvgIpc) is 2.39. The Bertz CT molecular complexity index is 322. The van der Waals surface area contributed by atoms with Gasteiger partial charge in [0.2, 0.25) is 0 Å². The number of nitrogens with one attached hydrogen (secondary N) is 1. The number of methoxy groups -OCH3 is 1. The van der Waals surface area contributed by atoms with Crippen LogP contribution in [0.3, 0.4) is 0 Å². The average molecular weight is 312 g/mol. The van der Waals surface area contributed by atoms with Gasteiger partial charge in [0, 0.05) is 6.04 Å². The number of hydrogen-bond acceptors (Lipinski definition) is 4. The second-order valence-electron chi connectivity index (χ2n) is 5.71. The molecule has 0 bridgehead atoms. The Kier molecular flexibility index (Phi) is 8.25. The summed E-state index contributed by atoms with van der Waals surface area (Å²) in [5.74, 6) is -0.360. The smallest absolute Gasteiger partial charge is 0.401 e. The fourth-order valence-electron chi connectivity index (χ4n) is 2.10. The first-order valence-electron chi connectivity index (χ1n) is 7.14. The second kappa shape index (κ2) is 8.58. The lowest BCUT2D eigenvalue weighted by molar-refractivity contribution is -0.149. The predicted molar refractivity (Wildman–Crippen MR) is 76.1 cm³/mol. The third kappa shape index (κ3) is 7.66. The van der Waals surface area contributed by atoms with Crippen LogP contribution in [-0.4, -0.2) is 55.9 Å². The van der Waals surface area contributed by atoms with Crippen molar-refractivity contribution in [2.75, 3.05) is 27.2 Å². The Balaban J connectivity index is 4.30. The van der Waals surface area contributed by atoms with Gasteiger partial charge in [-0.25, -0.2) is 0 Å². The van der Waals surface area contributed by atoms with Crippen LogP contribution in [0.1, 0.15) is 40.0 Å². The SMILES string of the molecule is CNC(C)(CCCCN(CC(F)(F)F)C(C)C)C(=O)OC. The molecule has 1 N–H and O–H groups in total. The number of hydrogen-bond donors (Lipinski definition) is 1. The number of ether oxygens (including phenoxy) is 1. The molecule has 0 amide bonds. The van der Waals surface area contributed by atoms with E-state index in [0.29, 0.717) is 25.8 Å². The molecule has 0 fully saturated rings. The molecule has 0 aromatic carbocycles. The van der Waals surface area contributed by atoms with E-state index in [1.54, 1.807) is 27.8 Å². The molecule has 0 saturated carbocycles. The molecule has 0 heterocycles. The quantitative estimate of drug-likeness (QED) is 0.525. The highest BCUT2D eigenvalue weighted by atomic mass is 19.4. The Morgan fingerprint density at radius 3 is 2.24 bits per heavy atom. The largest absolute Gasteiger partial charge is 0.468 e. The summed E-state index contributed by atoms with van der Waals surface area (Å²) in [6.45, 7) is 4.69. The standard InChI is InChI=1S/C14H27F3N2O2/c1-11(2)19(10-14(15,16)17)9-7-6-8-13(3,18-4)12(20)21-5/h11,18H,6-10H2,1-5H3. The van der Waals surface area contributed by atoms with Crippen molar-refractivity contribution >= 4 is 5.97 Å². The molecule has 0 saturated heterocycles. The summed E-state index contributed by atoms with van der Waals surface area (Å²) in [5, 5.41) is 2.91. The van der Waals surface area contributed by atoms with Crippen LogP contribution in [0.25, 0.3) is 0 Å². The van der Waals surface area contributed by atoms with Gasteiger partial charge in [-0.1, -0.05) is 0 Å². The van der Waals surface area contributed by atoms with Gasteiger partial charge in [-0.15, -0.1) is 0 Å². The van der Waals surface area contributed by atoms with E-state index in [-0.39, 0.29) is 12.0 Å². The molecule has 0 spiro atoms. The molecule has 0 aliphatic heterocycles. The van der Waals surface area contributed by atoms with Gasteiger partial charge in [0.15, 0.2) is 0 Å². The maximum absolute atomic E-state index is 12.5. The summed E-state index contributed by atoms with van der Waals surface area (Å²) in [5.41, 5.74) is -0.790. The van der Waals surface area contributed by atoms with Crippen molar-refractivity contribution in [3.8, 4) is 0 Å². The van der Waals surface area contributed by atoms with E-state index in [2.05, 4.69) is 5.32 Å². The van der Waals surface area contributed by atoms with Crippen molar-refractivity contribution < 1.29 is 22.7 Å². The van der Waals surface area contributed by atoms with Crippen molar-refractivity contribution in [3.05, 3.63) is 0 Å². The van der Waals surface area contributed by atoms with Crippen LogP contribution in [0.2, 0.25) is 0 Å².